The van der Waals surface area contributed by atoms with Gasteiger partial charge in [0.25, 0.3) is 0 Å². The summed E-state index contributed by atoms with van der Waals surface area (Å²) in [5.41, 5.74) is 4.73. The molecule has 1 atom stereocenters. The summed E-state index contributed by atoms with van der Waals surface area (Å²) in [6.07, 6.45) is 10.2. The first kappa shape index (κ1) is 10.4. The molecule has 0 fully saturated rings. The minimum atomic E-state index is 0.180. The highest BCUT2D eigenvalue weighted by molar-refractivity contribution is 5.95. The van der Waals surface area contributed by atoms with Gasteiger partial charge in [-0.05, 0) is 36.2 Å². The summed E-state index contributed by atoms with van der Waals surface area (Å²) >= 11 is 0. The van der Waals surface area contributed by atoms with Crippen molar-refractivity contribution in [2.24, 2.45) is 0 Å². The molecule has 0 radical (unpaired) electrons. The number of allylic oxidation sites excluding steroid dienone is 2. The SMILES string of the molecule is C1=CC(c2cccc3cccnc23)=C2C=CNC2N1. The Kier molecular flexibility index (Phi) is 2.18. The second-order valence-corrected chi connectivity index (χ2v) is 4.68. The number of hydrogen-bond donors (Lipinski definition) is 2. The molecule has 2 aliphatic heterocycles. The molecule has 3 heteroatoms. The molecule has 0 saturated carbocycles. The third-order valence-corrected chi connectivity index (χ3v) is 3.58. The first-order valence-corrected chi connectivity index (χ1v) is 6.37. The molecule has 1 aromatic carbocycles. The lowest BCUT2D eigenvalue weighted by molar-refractivity contribution is 0.636. The van der Waals surface area contributed by atoms with E-state index in [0.29, 0.717) is 0 Å². The van der Waals surface area contributed by atoms with E-state index < -0.39 is 0 Å². The molecule has 0 bridgehead atoms. The van der Waals surface area contributed by atoms with Crippen LogP contribution in [0.5, 0.6) is 0 Å². The summed E-state index contributed by atoms with van der Waals surface area (Å²) in [6, 6.07) is 10.4. The number of dihydropyridines is 1. The molecular formula is C16H13N3. The number of fused-ring (bicyclic) bond motifs is 2. The van der Waals surface area contributed by atoms with Gasteiger partial charge in [0.2, 0.25) is 0 Å². The predicted molar refractivity (Wildman–Crippen MR) is 77.0 cm³/mol. The quantitative estimate of drug-likeness (QED) is 0.813. The van der Waals surface area contributed by atoms with E-state index in [-0.39, 0.29) is 6.17 Å². The molecule has 1 unspecified atom stereocenters. The van der Waals surface area contributed by atoms with Gasteiger partial charge in [0.05, 0.1) is 5.52 Å². The molecule has 2 aromatic rings. The van der Waals surface area contributed by atoms with E-state index in [9.17, 15) is 0 Å². The number of pyridine rings is 1. The van der Waals surface area contributed by atoms with E-state index >= 15 is 0 Å². The van der Waals surface area contributed by atoms with Crippen LogP contribution >= 0.6 is 0 Å². The minimum absolute atomic E-state index is 0.180. The highest BCUT2D eigenvalue weighted by Crippen LogP contribution is 2.31. The fraction of sp³-hybridized carbons (Fsp3) is 0.0625. The zero-order chi connectivity index (χ0) is 12.7. The van der Waals surface area contributed by atoms with Crippen LogP contribution in [0.1, 0.15) is 5.56 Å². The molecule has 3 heterocycles. The molecule has 0 saturated heterocycles. The Balaban J connectivity index is 2.00. The molecule has 0 spiro atoms. The van der Waals surface area contributed by atoms with Gasteiger partial charge < -0.3 is 10.6 Å². The van der Waals surface area contributed by atoms with Crippen molar-refractivity contribution in [2.45, 2.75) is 6.17 Å². The van der Waals surface area contributed by atoms with Gasteiger partial charge in [0.15, 0.2) is 0 Å². The van der Waals surface area contributed by atoms with Gasteiger partial charge in [-0.2, -0.15) is 0 Å². The van der Waals surface area contributed by atoms with E-state index in [4.69, 9.17) is 0 Å². The van der Waals surface area contributed by atoms with Crippen LogP contribution in [0.25, 0.3) is 16.5 Å². The zero-order valence-electron chi connectivity index (χ0n) is 10.3. The highest BCUT2D eigenvalue weighted by Gasteiger charge is 2.21. The van der Waals surface area contributed by atoms with Gasteiger partial charge in [-0.15, -0.1) is 0 Å². The molecule has 3 nitrogen and oxygen atoms in total. The fourth-order valence-corrected chi connectivity index (χ4v) is 2.69. The normalized spacial score (nSPS) is 20.3. The molecule has 92 valence electrons. The van der Waals surface area contributed by atoms with Crippen molar-refractivity contribution < 1.29 is 0 Å². The average molecular weight is 247 g/mol. The van der Waals surface area contributed by atoms with Crippen molar-refractivity contribution in [1.29, 1.82) is 0 Å². The first-order chi connectivity index (χ1) is 9.43. The van der Waals surface area contributed by atoms with Crippen LogP contribution < -0.4 is 10.6 Å². The van der Waals surface area contributed by atoms with Crippen LogP contribution in [0.2, 0.25) is 0 Å². The smallest absolute Gasteiger partial charge is 0.123 e. The third kappa shape index (κ3) is 1.55. The van der Waals surface area contributed by atoms with Crippen LogP contribution in [-0.2, 0) is 0 Å². The Labute approximate surface area is 111 Å². The van der Waals surface area contributed by atoms with Crippen molar-refractivity contribution in [3.8, 4) is 0 Å². The molecule has 2 N–H and O–H groups in total. The maximum absolute atomic E-state index is 4.54. The van der Waals surface area contributed by atoms with E-state index in [0.717, 1.165) is 5.52 Å². The molecular weight excluding hydrogens is 234 g/mol. The number of para-hydroxylation sites is 1. The van der Waals surface area contributed by atoms with Gasteiger partial charge in [0, 0.05) is 22.7 Å². The third-order valence-electron chi connectivity index (χ3n) is 3.58. The number of hydrogen-bond acceptors (Lipinski definition) is 3. The zero-order valence-corrected chi connectivity index (χ0v) is 10.3. The van der Waals surface area contributed by atoms with Crippen molar-refractivity contribution in [3.05, 3.63) is 72.2 Å². The van der Waals surface area contributed by atoms with E-state index in [1.807, 2.05) is 24.7 Å². The molecule has 0 amide bonds. The summed E-state index contributed by atoms with van der Waals surface area (Å²) in [6.45, 7) is 0. The van der Waals surface area contributed by atoms with Crippen molar-refractivity contribution >= 4 is 16.5 Å². The summed E-state index contributed by atoms with van der Waals surface area (Å²) < 4.78 is 0. The van der Waals surface area contributed by atoms with Crippen LogP contribution in [-0.4, -0.2) is 11.1 Å². The Hall–Kier alpha value is -2.55. The second kappa shape index (κ2) is 3.99. The lowest BCUT2D eigenvalue weighted by Crippen LogP contribution is -2.36. The molecule has 0 aliphatic carbocycles. The number of benzene rings is 1. The lowest BCUT2D eigenvalue weighted by Gasteiger charge is -2.21. The molecule has 1 aromatic heterocycles. The van der Waals surface area contributed by atoms with E-state index in [1.54, 1.807) is 0 Å². The van der Waals surface area contributed by atoms with Crippen LogP contribution in [0.15, 0.2) is 66.7 Å². The van der Waals surface area contributed by atoms with Gasteiger partial charge in [-0.3, -0.25) is 4.98 Å². The highest BCUT2D eigenvalue weighted by atomic mass is 15.1. The summed E-state index contributed by atoms with van der Waals surface area (Å²) in [5, 5.41) is 7.75. The van der Waals surface area contributed by atoms with Crippen LogP contribution in [0.3, 0.4) is 0 Å². The lowest BCUT2D eigenvalue weighted by atomic mass is 9.95. The van der Waals surface area contributed by atoms with Crippen molar-refractivity contribution in [2.75, 3.05) is 0 Å². The molecule has 4 rings (SSSR count). The van der Waals surface area contributed by atoms with Crippen molar-refractivity contribution in [3.63, 3.8) is 0 Å². The van der Waals surface area contributed by atoms with E-state index in [2.05, 4.69) is 52.0 Å². The van der Waals surface area contributed by atoms with Crippen molar-refractivity contribution in [1.82, 2.24) is 15.6 Å². The van der Waals surface area contributed by atoms with Crippen LogP contribution in [0, 0.1) is 0 Å². The number of nitrogens with one attached hydrogen (secondary N) is 2. The standard InChI is InChI=1S/C16H13N3/c1-3-11-4-2-8-17-15(11)13(5-1)12-6-9-18-16-14(12)7-10-19-16/h1-10,16,18-19H. The predicted octanol–water partition coefficient (Wildman–Crippen LogP) is 2.55. The van der Waals surface area contributed by atoms with Gasteiger partial charge in [0.1, 0.15) is 6.17 Å². The molecule has 2 aliphatic rings. The summed E-state index contributed by atoms with van der Waals surface area (Å²) in [5.74, 6) is 0. The molecule has 19 heavy (non-hydrogen) atoms. The number of nitrogens with zero attached hydrogens (tertiary/aromatic N) is 1. The van der Waals surface area contributed by atoms with Gasteiger partial charge >= 0.3 is 0 Å². The number of aromatic nitrogens is 1. The van der Waals surface area contributed by atoms with E-state index in [1.165, 1.54) is 22.1 Å². The summed E-state index contributed by atoms with van der Waals surface area (Å²) in [7, 11) is 0. The monoisotopic (exact) mass is 247 g/mol. The minimum Gasteiger partial charge on any atom is -0.368 e. The topological polar surface area (TPSA) is 37.0 Å². The van der Waals surface area contributed by atoms with Gasteiger partial charge in [-0.25, -0.2) is 0 Å². The Morgan fingerprint density at radius 1 is 0.947 bits per heavy atom. The van der Waals surface area contributed by atoms with Gasteiger partial charge in [-0.1, -0.05) is 24.3 Å². The maximum Gasteiger partial charge on any atom is 0.123 e. The average Bonchev–Trinajstić information content (AvgIpc) is 2.95. The van der Waals surface area contributed by atoms with Crippen LogP contribution in [0.4, 0.5) is 0 Å². The second-order valence-electron chi connectivity index (χ2n) is 4.68. The fourth-order valence-electron chi connectivity index (χ4n) is 2.69. The Bertz CT molecular complexity index is 735. The maximum atomic E-state index is 4.54. The Morgan fingerprint density at radius 3 is 2.74 bits per heavy atom. The number of rotatable bonds is 1. The first-order valence-electron chi connectivity index (χ1n) is 6.37. The summed E-state index contributed by atoms with van der Waals surface area (Å²) in [4.78, 5) is 4.54. The Morgan fingerprint density at radius 2 is 1.79 bits per heavy atom. The largest absolute Gasteiger partial charge is 0.368 e.